The summed E-state index contributed by atoms with van der Waals surface area (Å²) in [4.78, 5) is 14.7. The molecule has 1 atom stereocenters. The van der Waals surface area contributed by atoms with Crippen molar-refractivity contribution < 1.29 is 17.9 Å². The van der Waals surface area contributed by atoms with Crippen LogP contribution >= 0.6 is 0 Å². The van der Waals surface area contributed by atoms with E-state index in [1.54, 1.807) is 53.4 Å². The minimum Gasteiger partial charge on any atom is -0.377 e. The van der Waals surface area contributed by atoms with Crippen LogP contribution in [0.15, 0.2) is 53.4 Å². The summed E-state index contributed by atoms with van der Waals surface area (Å²) in [5.41, 5.74) is 1.88. The van der Waals surface area contributed by atoms with Crippen LogP contribution in [-0.4, -0.2) is 45.0 Å². The van der Waals surface area contributed by atoms with Crippen molar-refractivity contribution >= 4 is 21.6 Å². The second-order valence-electron chi connectivity index (χ2n) is 6.61. The zero-order valence-corrected chi connectivity index (χ0v) is 16.3. The molecule has 1 heterocycles. The van der Waals surface area contributed by atoms with E-state index in [0.717, 1.165) is 12.0 Å². The van der Waals surface area contributed by atoms with Gasteiger partial charge in [-0.3, -0.25) is 9.52 Å². The summed E-state index contributed by atoms with van der Waals surface area (Å²) in [6, 6.07) is 13.3. The van der Waals surface area contributed by atoms with E-state index in [2.05, 4.69) is 4.72 Å². The Hall–Kier alpha value is -2.38. The van der Waals surface area contributed by atoms with Crippen molar-refractivity contribution in [2.45, 2.75) is 31.2 Å². The monoisotopic (exact) mass is 388 g/mol. The lowest BCUT2D eigenvalue weighted by molar-refractivity contribution is 0.00360. The van der Waals surface area contributed by atoms with E-state index in [0.29, 0.717) is 31.0 Å². The van der Waals surface area contributed by atoms with Crippen molar-refractivity contribution in [2.75, 3.05) is 24.5 Å². The number of nitrogens with one attached hydrogen (secondary N) is 1. The molecule has 2 aromatic carbocycles. The maximum Gasteiger partial charge on any atom is 0.261 e. The van der Waals surface area contributed by atoms with Crippen LogP contribution < -0.4 is 4.72 Å². The van der Waals surface area contributed by atoms with E-state index >= 15 is 0 Å². The number of aryl methyl sites for hydroxylation is 1. The molecule has 7 heteroatoms. The van der Waals surface area contributed by atoms with Crippen LogP contribution in [0.1, 0.15) is 29.8 Å². The number of hydrogen-bond donors (Lipinski definition) is 1. The van der Waals surface area contributed by atoms with E-state index in [9.17, 15) is 13.2 Å². The number of carbonyl (C=O) groups is 1. The molecule has 0 radical (unpaired) electrons. The fourth-order valence-electron chi connectivity index (χ4n) is 3.03. The van der Waals surface area contributed by atoms with Crippen molar-refractivity contribution in [3.05, 3.63) is 59.7 Å². The maximum absolute atomic E-state index is 12.8. The van der Waals surface area contributed by atoms with Crippen molar-refractivity contribution in [2.24, 2.45) is 0 Å². The summed E-state index contributed by atoms with van der Waals surface area (Å²) in [6.07, 6.45) is 0.845. The highest BCUT2D eigenvalue weighted by molar-refractivity contribution is 7.92. The molecule has 27 heavy (non-hydrogen) atoms. The minimum atomic E-state index is -3.71. The summed E-state index contributed by atoms with van der Waals surface area (Å²) in [7, 11) is -3.71. The van der Waals surface area contributed by atoms with Gasteiger partial charge in [-0.05, 0) is 49.2 Å². The van der Waals surface area contributed by atoms with Crippen LogP contribution in [0.25, 0.3) is 0 Å². The highest BCUT2D eigenvalue weighted by Crippen LogP contribution is 2.20. The van der Waals surface area contributed by atoms with Gasteiger partial charge in [0.25, 0.3) is 15.9 Å². The SMILES string of the molecule is CCc1ccc(S(=O)(=O)Nc2cccc(C(=O)N3CCOCC3C)c2)cc1. The Balaban J connectivity index is 1.79. The minimum absolute atomic E-state index is 0.0105. The van der Waals surface area contributed by atoms with Gasteiger partial charge in [-0.15, -0.1) is 0 Å². The van der Waals surface area contributed by atoms with Crippen LogP contribution in [-0.2, 0) is 21.2 Å². The Morgan fingerprint density at radius 3 is 2.63 bits per heavy atom. The molecule has 1 saturated heterocycles. The quantitative estimate of drug-likeness (QED) is 0.855. The van der Waals surface area contributed by atoms with Crippen LogP contribution in [0.3, 0.4) is 0 Å². The second-order valence-corrected chi connectivity index (χ2v) is 8.29. The number of nitrogens with zero attached hydrogens (tertiary/aromatic N) is 1. The van der Waals surface area contributed by atoms with E-state index in [1.807, 2.05) is 13.8 Å². The lowest BCUT2D eigenvalue weighted by Gasteiger charge is -2.33. The predicted molar refractivity (Wildman–Crippen MR) is 104 cm³/mol. The topological polar surface area (TPSA) is 75.7 Å². The van der Waals surface area contributed by atoms with E-state index in [1.165, 1.54) is 0 Å². The summed E-state index contributed by atoms with van der Waals surface area (Å²) >= 11 is 0. The normalized spacial score (nSPS) is 17.6. The van der Waals surface area contributed by atoms with Crippen molar-refractivity contribution in [3.8, 4) is 0 Å². The first-order valence-electron chi connectivity index (χ1n) is 9.01. The molecule has 1 aliphatic rings. The van der Waals surface area contributed by atoms with E-state index in [4.69, 9.17) is 4.74 Å². The maximum atomic E-state index is 12.8. The molecule has 1 N–H and O–H groups in total. The number of sulfonamides is 1. The Morgan fingerprint density at radius 2 is 1.96 bits per heavy atom. The molecule has 0 spiro atoms. The first kappa shape index (κ1) is 19.4. The van der Waals surface area contributed by atoms with Crippen molar-refractivity contribution in [1.82, 2.24) is 4.90 Å². The molecule has 0 aliphatic carbocycles. The Kier molecular flexibility index (Phi) is 5.82. The van der Waals surface area contributed by atoms with Crippen molar-refractivity contribution in [1.29, 1.82) is 0 Å². The summed E-state index contributed by atoms with van der Waals surface area (Å²) in [5, 5.41) is 0. The zero-order valence-electron chi connectivity index (χ0n) is 15.5. The fraction of sp³-hybridized carbons (Fsp3) is 0.350. The standard InChI is InChI=1S/C20H24N2O4S/c1-3-16-7-9-19(10-8-16)27(24,25)21-18-6-4-5-17(13-18)20(23)22-11-12-26-14-15(22)2/h4-10,13,15,21H,3,11-12,14H2,1-2H3. The van der Waals surface area contributed by atoms with Gasteiger partial charge < -0.3 is 9.64 Å². The largest absolute Gasteiger partial charge is 0.377 e. The first-order chi connectivity index (χ1) is 12.9. The van der Waals surface area contributed by atoms with Gasteiger partial charge in [0.2, 0.25) is 0 Å². The zero-order chi connectivity index (χ0) is 19.4. The van der Waals surface area contributed by atoms with Gasteiger partial charge in [0, 0.05) is 17.8 Å². The number of benzene rings is 2. The molecule has 1 unspecified atom stereocenters. The second kappa shape index (κ2) is 8.10. The van der Waals surface area contributed by atoms with Gasteiger partial charge in [0.15, 0.2) is 0 Å². The van der Waals surface area contributed by atoms with E-state index in [-0.39, 0.29) is 16.8 Å². The molecule has 0 aromatic heterocycles. The Labute approximate surface area is 160 Å². The molecule has 0 saturated carbocycles. The third kappa shape index (κ3) is 4.48. The molecule has 0 bridgehead atoms. The lowest BCUT2D eigenvalue weighted by atomic mass is 10.1. The van der Waals surface area contributed by atoms with Crippen LogP contribution in [0.5, 0.6) is 0 Å². The van der Waals surface area contributed by atoms with Crippen molar-refractivity contribution in [3.63, 3.8) is 0 Å². The van der Waals surface area contributed by atoms with Gasteiger partial charge in [-0.25, -0.2) is 8.42 Å². The molecule has 6 nitrogen and oxygen atoms in total. The van der Waals surface area contributed by atoms with Crippen LogP contribution in [0.2, 0.25) is 0 Å². The number of morpholine rings is 1. The number of ether oxygens (including phenoxy) is 1. The molecule has 1 aliphatic heterocycles. The van der Waals surface area contributed by atoms with Crippen LogP contribution in [0.4, 0.5) is 5.69 Å². The third-order valence-corrected chi connectivity index (χ3v) is 6.03. The Bertz CT molecular complexity index is 910. The molecular weight excluding hydrogens is 364 g/mol. The van der Waals surface area contributed by atoms with E-state index < -0.39 is 10.0 Å². The van der Waals surface area contributed by atoms with Gasteiger partial charge >= 0.3 is 0 Å². The number of rotatable bonds is 5. The van der Waals surface area contributed by atoms with Gasteiger partial charge in [-0.2, -0.15) is 0 Å². The molecule has 1 amide bonds. The molecular formula is C20H24N2O4S. The van der Waals surface area contributed by atoms with Gasteiger partial charge in [-0.1, -0.05) is 25.1 Å². The summed E-state index contributed by atoms with van der Waals surface area (Å²) in [6.45, 7) is 5.49. The predicted octanol–water partition coefficient (Wildman–Crippen LogP) is 2.91. The number of hydrogen-bond acceptors (Lipinski definition) is 4. The highest BCUT2D eigenvalue weighted by atomic mass is 32.2. The highest BCUT2D eigenvalue weighted by Gasteiger charge is 2.25. The molecule has 144 valence electrons. The fourth-order valence-corrected chi connectivity index (χ4v) is 4.08. The van der Waals surface area contributed by atoms with Gasteiger partial charge in [0.1, 0.15) is 0 Å². The summed E-state index contributed by atoms with van der Waals surface area (Å²) < 4.78 is 33.2. The summed E-state index contributed by atoms with van der Waals surface area (Å²) in [5.74, 6) is -0.126. The number of amides is 1. The molecule has 1 fully saturated rings. The van der Waals surface area contributed by atoms with Crippen LogP contribution in [0, 0.1) is 0 Å². The first-order valence-corrected chi connectivity index (χ1v) is 10.5. The Morgan fingerprint density at radius 1 is 1.22 bits per heavy atom. The molecule has 2 aromatic rings. The smallest absolute Gasteiger partial charge is 0.261 e. The lowest BCUT2D eigenvalue weighted by Crippen LogP contribution is -2.47. The third-order valence-electron chi connectivity index (χ3n) is 4.63. The molecule has 3 rings (SSSR count). The number of carbonyl (C=O) groups excluding carboxylic acids is 1. The van der Waals surface area contributed by atoms with Gasteiger partial charge in [0.05, 0.1) is 24.2 Å². The average molecular weight is 388 g/mol. The average Bonchev–Trinajstić information content (AvgIpc) is 2.68. The number of anilines is 1.